The van der Waals surface area contributed by atoms with Gasteiger partial charge < -0.3 is 19.8 Å². The fourth-order valence-electron chi connectivity index (χ4n) is 4.11. The zero-order valence-corrected chi connectivity index (χ0v) is 21.1. The third-order valence-electron chi connectivity index (χ3n) is 5.90. The maximum atomic E-state index is 10.3. The molecule has 0 aromatic carbocycles. The fraction of sp³-hybridized carbons (Fsp3) is 0.111. The molecule has 186 valence electrons. The van der Waals surface area contributed by atoms with Crippen LogP contribution >= 0.6 is 23.2 Å². The fourth-order valence-corrected chi connectivity index (χ4v) is 4.33. The molecule has 2 atom stereocenters. The normalized spacial score (nSPS) is 12.8. The molecule has 0 saturated carbocycles. The molecular formula is C27H22Cl2N6O2. The standard InChI is InChI=1S/C14H12ClN3O.C13H10ClN3O/c1-19-13(9-4-5-12(15)17-7-9)11-8-18-14-10(11)3-2-6-16-14;14-11-4-3-8(6-16-11)12(18)10-7-17-13-9(10)2-1-5-15-13/h2-8,13H,1H3,(H,16,18);1-7,12,18H,(H,15,17). The Labute approximate surface area is 222 Å². The minimum absolute atomic E-state index is 0.192. The van der Waals surface area contributed by atoms with E-state index in [0.717, 1.165) is 38.8 Å². The molecule has 0 fully saturated rings. The second kappa shape index (κ2) is 11.1. The summed E-state index contributed by atoms with van der Waals surface area (Å²) < 4.78 is 5.60. The molecule has 6 aromatic rings. The van der Waals surface area contributed by atoms with Gasteiger partial charge in [-0.1, -0.05) is 35.3 Å². The van der Waals surface area contributed by atoms with Crippen LogP contribution in [0.25, 0.3) is 22.1 Å². The summed E-state index contributed by atoms with van der Waals surface area (Å²) in [6, 6.07) is 14.8. The summed E-state index contributed by atoms with van der Waals surface area (Å²) in [6.07, 6.45) is 9.51. The molecule has 10 heteroatoms. The molecule has 3 N–H and O–H groups in total. The van der Waals surface area contributed by atoms with E-state index in [-0.39, 0.29) is 6.10 Å². The smallest absolute Gasteiger partial charge is 0.137 e. The van der Waals surface area contributed by atoms with Crippen molar-refractivity contribution < 1.29 is 9.84 Å². The monoisotopic (exact) mass is 532 g/mol. The lowest BCUT2D eigenvalue weighted by Crippen LogP contribution is -2.03. The number of halogens is 2. The van der Waals surface area contributed by atoms with Crippen LogP contribution < -0.4 is 0 Å². The number of ether oxygens (including phenoxy) is 1. The van der Waals surface area contributed by atoms with E-state index in [2.05, 4.69) is 29.9 Å². The van der Waals surface area contributed by atoms with E-state index in [9.17, 15) is 5.11 Å². The van der Waals surface area contributed by atoms with Crippen molar-refractivity contribution in [3.63, 3.8) is 0 Å². The number of hydrogen-bond donors (Lipinski definition) is 3. The molecule has 0 radical (unpaired) electrons. The van der Waals surface area contributed by atoms with Crippen LogP contribution in [0, 0.1) is 0 Å². The summed E-state index contributed by atoms with van der Waals surface area (Å²) in [5.74, 6) is 0. The van der Waals surface area contributed by atoms with Crippen molar-refractivity contribution in [1.82, 2.24) is 29.9 Å². The first-order valence-corrected chi connectivity index (χ1v) is 12.1. The number of rotatable bonds is 5. The molecule has 37 heavy (non-hydrogen) atoms. The third kappa shape index (κ3) is 5.33. The Morgan fingerprint density at radius 1 is 0.730 bits per heavy atom. The molecule has 0 saturated heterocycles. The first kappa shape index (κ1) is 24.9. The minimum Gasteiger partial charge on any atom is -0.384 e. The molecule has 2 unspecified atom stereocenters. The third-order valence-corrected chi connectivity index (χ3v) is 6.35. The number of aromatic amines is 2. The van der Waals surface area contributed by atoms with Gasteiger partial charge in [0.1, 0.15) is 33.8 Å². The van der Waals surface area contributed by atoms with Gasteiger partial charge in [-0.15, -0.1) is 0 Å². The number of H-pyrrole nitrogens is 2. The lowest BCUT2D eigenvalue weighted by atomic mass is 10.0. The molecule has 8 nitrogen and oxygen atoms in total. The van der Waals surface area contributed by atoms with Crippen molar-refractivity contribution >= 4 is 45.3 Å². The Kier molecular flexibility index (Phi) is 7.43. The van der Waals surface area contributed by atoms with Gasteiger partial charge in [-0.2, -0.15) is 0 Å². The molecule has 0 bridgehead atoms. The van der Waals surface area contributed by atoms with Gasteiger partial charge in [-0.3, -0.25) is 0 Å². The summed E-state index contributed by atoms with van der Waals surface area (Å²) in [6.45, 7) is 0. The molecule has 6 rings (SSSR count). The van der Waals surface area contributed by atoms with E-state index in [1.54, 1.807) is 56.3 Å². The number of methoxy groups -OCH3 is 1. The van der Waals surface area contributed by atoms with Gasteiger partial charge in [0.25, 0.3) is 0 Å². The zero-order chi connectivity index (χ0) is 25.8. The van der Waals surface area contributed by atoms with Crippen molar-refractivity contribution in [2.24, 2.45) is 0 Å². The number of aliphatic hydroxyl groups excluding tert-OH is 1. The van der Waals surface area contributed by atoms with Gasteiger partial charge in [-0.25, -0.2) is 19.9 Å². The van der Waals surface area contributed by atoms with Gasteiger partial charge in [-0.05, 0) is 36.4 Å². The number of hydrogen-bond acceptors (Lipinski definition) is 6. The molecule has 0 amide bonds. The van der Waals surface area contributed by atoms with Crippen molar-refractivity contribution in [3.05, 3.63) is 118 Å². The second-order valence-electron chi connectivity index (χ2n) is 8.13. The van der Waals surface area contributed by atoms with Crippen molar-refractivity contribution in [3.8, 4) is 0 Å². The van der Waals surface area contributed by atoms with E-state index in [1.807, 2.05) is 36.5 Å². The SMILES string of the molecule is COC(c1ccc(Cl)nc1)c1c[nH]c2ncccc12.OC(c1ccc(Cl)nc1)c1c[nH]c2ncccc12. The van der Waals surface area contributed by atoms with Crippen LogP contribution in [-0.4, -0.2) is 42.1 Å². The van der Waals surface area contributed by atoms with Crippen LogP contribution in [0.4, 0.5) is 0 Å². The van der Waals surface area contributed by atoms with E-state index in [1.165, 1.54) is 0 Å². The van der Waals surface area contributed by atoms with Crippen LogP contribution in [0.2, 0.25) is 10.3 Å². The average molecular weight is 533 g/mol. The van der Waals surface area contributed by atoms with Gasteiger partial charge in [0.05, 0.1) is 0 Å². The molecule has 6 aromatic heterocycles. The largest absolute Gasteiger partial charge is 0.384 e. The summed E-state index contributed by atoms with van der Waals surface area (Å²) in [7, 11) is 1.68. The van der Waals surface area contributed by atoms with Crippen molar-refractivity contribution in [1.29, 1.82) is 0 Å². The van der Waals surface area contributed by atoms with Crippen molar-refractivity contribution in [2.75, 3.05) is 7.11 Å². The number of nitrogens with zero attached hydrogens (tertiary/aromatic N) is 4. The van der Waals surface area contributed by atoms with Crippen LogP contribution in [0.3, 0.4) is 0 Å². The maximum Gasteiger partial charge on any atom is 0.137 e. The van der Waals surface area contributed by atoms with Crippen LogP contribution in [-0.2, 0) is 4.74 Å². The molecule has 6 heterocycles. The Morgan fingerprint density at radius 2 is 1.27 bits per heavy atom. The van der Waals surface area contributed by atoms with Gasteiger partial charge in [0.15, 0.2) is 0 Å². The Hall–Kier alpha value is -3.82. The Morgan fingerprint density at radius 3 is 1.81 bits per heavy atom. The molecule has 0 aliphatic rings. The highest BCUT2D eigenvalue weighted by Gasteiger charge is 2.18. The first-order valence-electron chi connectivity index (χ1n) is 11.3. The van der Waals surface area contributed by atoms with Crippen LogP contribution in [0.1, 0.15) is 34.5 Å². The number of nitrogens with one attached hydrogen (secondary N) is 2. The maximum absolute atomic E-state index is 10.3. The quantitative estimate of drug-likeness (QED) is 0.233. The average Bonchev–Trinajstić information content (AvgIpc) is 3.56. The van der Waals surface area contributed by atoms with E-state index >= 15 is 0 Å². The van der Waals surface area contributed by atoms with E-state index in [4.69, 9.17) is 27.9 Å². The lowest BCUT2D eigenvalue weighted by Gasteiger charge is -2.14. The van der Waals surface area contributed by atoms with Crippen LogP contribution in [0.5, 0.6) is 0 Å². The van der Waals surface area contributed by atoms with E-state index in [0.29, 0.717) is 15.9 Å². The summed E-state index contributed by atoms with van der Waals surface area (Å²) in [4.78, 5) is 22.7. The predicted octanol–water partition coefficient (Wildman–Crippen LogP) is 6.04. The predicted molar refractivity (Wildman–Crippen MR) is 144 cm³/mol. The van der Waals surface area contributed by atoms with Gasteiger partial charge in [0, 0.05) is 77.3 Å². The summed E-state index contributed by atoms with van der Waals surface area (Å²) >= 11 is 11.5. The Bertz CT molecular complexity index is 1620. The van der Waals surface area contributed by atoms with Gasteiger partial charge in [0.2, 0.25) is 0 Å². The second-order valence-corrected chi connectivity index (χ2v) is 8.91. The molecular weight excluding hydrogens is 511 g/mol. The first-order chi connectivity index (χ1) is 18.0. The van der Waals surface area contributed by atoms with Crippen molar-refractivity contribution in [2.45, 2.75) is 12.2 Å². The lowest BCUT2D eigenvalue weighted by molar-refractivity contribution is 0.137. The highest BCUT2D eigenvalue weighted by Crippen LogP contribution is 2.31. The number of pyridine rings is 4. The number of aliphatic hydroxyl groups is 1. The molecule has 0 spiro atoms. The summed E-state index contributed by atoms with van der Waals surface area (Å²) in [5, 5.41) is 13.2. The summed E-state index contributed by atoms with van der Waals surface area (Å²) in [5.41, 5.74) is 5.08. The molecule has 0 aliphatic carbocycles. The highest BCUT2D eigenvalue weighted by atomic mass is 35.5. The van der Waals surface area contributed by atoms with Crippen LogP contribution in [0.15, 0.2) is 85.7 Å². The van der Waals surface area contributed by atoms with E-state index < -0.39 is 6.10 Å². The number of fused-ring (bicyclic) bond motifs is 2. The highest BCUT2D eigenvalue weighted by molar-refractivity contribution is 6.29. The minimum atomic E-state index is -0.743. The molecule has 0 aliphatic heterocycles. The van der Waals surface area contributed by atoms with Gasteiger partial charge >= 0.3 is 0 Å². The topological polar surface area (TPSA) is 113 Å². The number of aromatic nitrogens is 6. The Balaban J connectivity index is 0.000000152. The zero-order valence-electron chi connectivity index (χ0n) is 19.6.